The molecule has 5 nitrogen and oxygen atoms in total. The summed E-state index contributed by atoms with van der Waals surface area (Å²) in [5.74, 6) is -0.847. The molecule has 1 unspecified atom stereocenters. The molecule has 110 valence electrons. The number of aliphatic carboxylic acids is 1. The standard InChI is InChI=1S/C14H26N2O3/c1-14(2,3)12(15)13(19)16-9-5-4-6-10(16)7-8-11(17)18/h10,12H,4-9,15H2,1-3H3,(H,17,18)/t10?,12-/m1/s1. The summed E-state index contributed by atoms with van der Waals surface area (Å²) < 4.78 is 0. The maximum Gasteiger partial charge on any atom is 0.303 e. The Hall–Kier alpha value is -1.10. The monoisotopic (exact) mass is 270 g/mol. The lowest BCUT2D eigenvalue weighted by molar-refractivity contribution is -0.142. The van der Waals surface area contributed by atoms with Crippen LogP contribution in [0.3, 0.4) is 0 Å². The van der Waals surface area contributed by atoms with Crippen LogP contribution in [-0.2, 0) is 9.59 Å². The van der Waals surface area contributed by atoms with E-state index in [1.807, 2.05) is 25.7 Å². The van der Waals surface area contributed by atoms with Gasteiger partial charge < -0.3 is 15.7 Å². The van der Waals surface area contributed by atoms with Gasteiger partial charge in [-0.05, 0) is 31.1 Å². The van der Waals surface area contributed by atoms with Crippen molar-refractivity contribution >= 4 is 11.9 Å². The smallest absolute Gasteiger partial charge is 0.303 e. The van der Waals surface area contributed by atoms with Gasteiger partial charge in [-0.3, -0.25) is 9.59 Å². The third-order valence-corrected chi connectivity index (χ3v) is 3.80. The van der Waals surface area contributed by atoms with E-state index in [4.69, 9.17) is 10.8 Å². The van der Waals surface area contributed by atoms with Crippen molar-refractivity contribution in [3.8, 4) is 0 Å². The predicted molar refractivity (Wildman–Crippen MR) is 73.7 cm³/mol. The topological polar surface area (TPSA) is 83.6 Å². The fraction of sp³-hybridized carbons (Fsp3) is 0.857. The normalized spacial score (nSPS) is 22.1. The number of hydrogen-bond acceptors (Lipinski definition) is 3. The van der Waals surface area contributed by atoms with E-state index < -0.39 is 12.0 Å². The number of hydrogen-bond donors (Lipinski definition) is 2. The fourth-order valence-corrected chi connectivity index (χ4v) is 2.43. The number of carbonyl (C=O) groups is 2. The van der Waals surface area contributed by atoms with E-state index >= 15 is 0 Å². The van der Waals surface area contributed by atoms with Crippen molar-refractivity contribution < 1.29 is 14.7 Å². The summed E-state index contributed by atoms with van der Waals surface area (Å²) >= 11 is 0. The first kappa shape index (κ1) is 16.0. The summed E-state index contributed by atoms with van der Waals surface area (Å²) in [7, 11) is 0. The molecule has 5 heteroatoms. The third kappa shape index (κ3) is 4.49. The molecular formula is C14H26N2O3. The van der Waals surface area contributed by atoms with Crippen molar-refractivity contribution in [2.75, 3.05) is 6.54 Å². The first-order chi connectivity index (χ1) is 8.73. The molecule has 1 amide bonds. The highest BCUT2D eigenvalue weighted by Crippen LogP contribution is 2.25. The maximum absolute atomic E-state index is 12.5. The Morgan fingerprint density at radius 2 is 2.00 bits per heavy atom. The molecule has 1 saturated heterocycles. The molecule has 0 spiro atoms. The molecule has 0 radical (unpaired) electrons. The molecule has 0 aromatic carbocycles. The van der Waals surface area contributed by atoms with Gasteiger partial charge in [-0.2, -0.15) is 0 Å². The number of amides is 1. The number of carboxylic acid groups (broad SMARTS) is 1. The number of likely N-dealkylation sites (tertiary alicyclic amines) is 1. The SMILES string of the molecule is CC(C)(C)[C@H](N)C(=O)N1CCCCC1CCC(=O)O. The summed E-state index contributed by atoms with van der Waals surface area (Å²) in [6.45, 7) is 6.55. The Kier molecular flexibility index (Phi) is 5.35. The number of rotatable bonds is 4. The molecule has 0 saturated carbocycles. The molecule has 1 heterocycles. The Balaban J connectivity index is 2.70. The molecular weight excluding hydrogens is 244 g/mol. The summed E-state index contributed by atoms with van der Waals surface area (Å²) in [6, 6.07) is -0.497. The van der Waals surface area contributed by atoms with E-state index in [-0.39, 0.29) is 23.8 Å². The molecule has 2 atom stereocenters. The van der Waals surface area contributed by atoms with Gasteiger partial charge in [0.05, 0.1) is 6.04 Å². The summed E-state index contributed by atoms with van der Waals surface area (Å²) in [5.41, 5.74) is 5.76. The van der Waals surface area contributed by atoms with Crippen LogP contribution in [0.1, 0.15) is 52.9 Å². The minimum absolute atomic E-state index is 0.0331. The van der Waals surface area contributed by atoms with Crippen LogP contribution in [0.15, 0.2) is 0 Å². The second kappa shape index (κ2) is 6.37. The lowest BCUT2D eigenvalue weighted by atomic mass is 9.85. The Morgan fingerprint density at radius 3 is 2.53 bits per heavy atom. The van der Waals surface area contributed by atoms with Crippen LogP contribution in [0.25, 0.3) is 0 Å². The largest absolute Gasteiger partial charge is 0.481 e. The Morgan fingerprint density at radius 1 is 1.37 bits per heavy atom. The maximum atomic E-state index is 12.5. The summed E-state index contributed by atoms with van der Waals surface area (Å²) in [5, 5.41) is 8.78. The average Bonchev–Trinajstić information content (AvgIpc) is 2.33. The molecule has 0 aliphatic carbocycles. The van der Waals surface area contributed by atoms with Crippen molar-refractivity contribution in [1.29, 1.82) is 0 Å². The number of piperidine rings is 1. The van der Waals surface area contributed by atoms with Gasteiger partial charge in [0.1, 0.15) is 0 Å². The number of carboxylic acids is 1. The van der Waals surface area contributed by atoms with Crippen molar-refractivity contribution in [2.45, 2.75) is 65.0 Å². The van der Waals surface area contributed by atoms with Crippen molar-refractivity contribution in [3.63, 3.8) is 0 Å². The highest BCUT2D eigenvalue weighted by atomic mass is 16.4. The number of nitrogens with two attached hydrogens (primary N) is 1. The van der Waals surface area contributed by atoms with Gasteiger partial charge in [-0.25, -0.2) is 0 Å². The Bertz CT molecular complexity index is 336. The van der Waals surface area contributed by atoms with E-state index in [2.05, 4.69) is 0 Å². The first-order valence-corrected chi connectivity index (χ1v) is 7.01. The van der Waals surface area contributed by atoms with Gasteiger partial charge in [-0.1, -0.05) is 20.8 Å². The third-order valence-electron chi connectivity index (χ3n) is 3.80. The van der Waals surface area contributed by atoms with Crippen molar-refractivity contribution in [3.05, 3.63) is 0 Å². The van der Waals surface area contributed by atoms with Gasteiger partial charge in [0, 0.05) is 19.0 Å². The van der Waals surface area contributed by atoms with Gasteiger partial charge >= 0.3 is 5.97 Å². The zero-order valence-corrected chi connectivity index (χ0v) is 12.2. The predicted octanol–water partition coefficient (Wildman–Crippen LogP) is 1.61. The molecule has 1 aliphatic heterocycles. The van der Waals surface area contributed by atoms with Crippen LogP contribution >= 0.6 is 0 Å². The molecule has 1 fully saturated rings. The fourth-order valence-electron chi connectivity index (χ4n) is 2.43. The summed E-state index contributed by atoms with van der Waals surface area (Å²) in [4.78, 5) is 24.9. The van der Waals surface area contributed by atoms with E-state index in [0.29, 0.717) is 13.0 Å². The molecule has 1 aliphatic rings. The van der Waals surface area contributed by atoms with E-state index in [1.54, 1.807) is 0 Å². The minimum atomic E-state index is -0.807. The molecule has 3 N–H and O–H groups in total. The highest BCUT2D eigenvalue weighted by Gasteiger charge is 2.35. The van der Waals surface area contributed by atoms with E-state index in [0.717, 1.165) is 19.3 Å². The molecule has 0 aromatic rings. The van der Waals surface area contributed by atoms with Crippen LogP contribution in [0.4, 0.5) is 0 Å². The first-order valence-electron chi connectivity index (χ1n) is 7.01. The van der Waals surface area contributed by atoms with Crippen molar-refractivity contribution in [2.24, 2.45) is 11.1 Å². The lowest BCUT2D eigenvalue weighted by Crippen LogP contribution is -2.54. The van der Waals surface area contributed by atoms with Crippen molar-refractivity contribution in [1.82, 2.24) is 4.90 Å². The summed E-state index contributed by atoms with van der Waals surface area (Å²) in [6.07, 6.45) is 3.55. The van der Waals surface area contributed by atoms with Gasteiger partial charge in [0.2, 0.25) is 5.91 Å². The lowest BCUT2D eigenvalue weighted by Gasteiger charge is -2.39. The van der Waals surface area contributed by atoms with Gasteiger partial charge in [-0.15, -0.1) is 0 Å². The van der Waals surface area contributed by atoms with Crippen LogP contribution in [0.2, 0.25) is 0 Å². The zero-order chi connectivity index (χ0) is 14.6. The van der Waals surface area contributed by atoms with Crippen LogP contribution in [0, 0.1) is 5.41 Å². The molecule has 19 heavy (non-hydrogen) atoms. The van der Waals surface area contributed by atoms with E-state index in [9.17, 15) is 9.59 Å². The van der Waals surface area contributed by atoms with Gasteiger partial charge in [0.15, 0.2) is 0 Å². The van der Waals surface area contributed by atoms with Gasteiger partial charge in [0.25, 0.3) is 0 Å². The average molecular weight is 270 g/mol. The quantitative estimate of drug-likeness (QED) is 0.813. The van der Waals surface area contributed by atoms with Crippen LogP contribution in [0.5, 0.6) is 0 Å². The molecule has 0 bridgehead atoms. The second-order valence-corrected chi connectivity index (χ2v) is 6.46. The highest BCUT2D eigenvalue weighted by molar-refractivity contribution is 5.83. The van der Waals surface area contributed by atoms with Crippen LogP contribution in [-0.4, -0.2) is 40.5 Å². The van der Waals surface area contributed by atoms with Crippen LogP contribution < -0.4 is 5.73 Å². The molecule has 0 aromatic heterocycles. The Labute approximate surface area is 115 Å². The zero-order valence-electron chi connectivity index (χ0n) is 12.2. The number of nitrogens with zero attached hydrogens (tertiary/aromatic N) is 1. The van der Waals surface area contributed by atoms with E-state index in [1.165, 1.54) is 0 Å². The minimum Gasteiger partial charge on any atom is -0.481 e. The molecule has 1 rings (SSSR count). The second-order valence-electron chi connectivity index (χ2n) is 6.46. The number of carbonyl (C=O) groups excluding carboxylic acids is 1.